The van der Waals surface area contributed by atoms with E-state index in [2.05, 4.69) is 5.32 Å². The van der Waals surface area contributed by atoms with E-state index < -0.39 is 0 Å². The van der Waals surface area contributed by atoms with E-state index in [1.54, 1.807) is 19.2 Å². The molecule has 0 unspecified atom stereocenters. The number of nitriles is 1. The van der Waals surface area contributed by atoms with Gasteiger partial charge in [0.1, 0.15) is 6.07 Å². The number of rotatable bonds is 5. The lowest BCUT2D eigenvalue weighted by molar-refractivity contribution is 0.198. The summed E-state index contributed by atoms with van der Waals surface area (Å²) in [7, 11) is 1.68. The first-order valence-electron chi connectivity index (χ1n) is 4.80. The van der Waals surface area contributed by atoms with Gasteiger partial charge in [0.05, 0.1) is 5.56 Å². The number of nitrogens with zero attached hydrogens (tertiary/aromatic N) is 1. The van der Waals surface area contributed by atoms with E-state index in [1.165, 1.54) is 0 Å². The molecule has 1 aromatic carbocycles. The highest BCUT2D eigenvalue weighted by molar-refractivity contribution is 5.61. The monoisotopic (exact) mass is 205 g/mol. The van der Waals surface area contributed by atoms with Gasteiger partial charge < -0.3 is 15.8 Å². The summed E-state index contributed by atoms with van der Waals surface area (Å²) in [5.74, 6) is 0. The molecule has 0 saturated carbocycles. The molecule has 3 N–H and O–H groups in total. The van der Waals surface area contributed by atoms with Gasteiger partial charge in [0, 0.05) is 31.6 Å². The molecule has 4 nitrogen and oxygen atoms in total. The summed E-state index contributed by atoms with van der Waals surface area (Å²) >= 11 is 0. The van der Waals surface area contributed by atoms with Gasteiger partial charge in [0.25, 0.3) is 0 Å². The fraction of sp³-hybridized carbons (Fsp3) is 0.364. The molecule has 0 amide bonds. The highest BCUT2D eigenvalue weighted by Gasteiger charge is 1.99. The van der Waals surface area contributed by atoms with E-state index in [-0.39, 0.29) is 0 Å². The second-order valence-electron chi connectivity index (χ2n) is 3.19. The van der Waals surface area contributed by atoms with Crippen LogP contribution in [0.4, 0.5) is 11.4 Å². The Bertz CT molecular complexity index is 357. The van der Waals surface area contributed by atoms with Crippen molar-refractivity contribution in [2.75, 3.05) is 31.3 Å². The van der Waals surface area contributed by atoms with Crippen LogP contribution in [0.5, 0.6) is 0 Å². The Balaban J connectivity index is 2.52. The molecule has 1 rings (SSSR count). The van der Waals surface area contributed by atoms with Crippen LogP contribution in [0.3, 0.4) is 0 Å². The number of ether oxygens (including phenoxy) is 1. The van der Waals surface area contributed by atoms with Gasteiger partial charge >= 0.3 is 0 Å². The maximum atomic E-state index is 8.77. The maximum absolute atomic E-state index is 8.77. The number of nitrogens with one attached hydrogen (secondary N) is 1. The van der Waals surface area contributed by atoms with Crippen molar-refractivity contribution in [1.29, 1.82) is 5.26 Å². The van der Waals surface area contributed by atoms with E-state index in [9.17, 15) is 0 Å². The van der Waals surface area contributed by atoms with Crippen LogP contribution in [0.15, 0.2) is 18.2 Å². The molecule has 0 bridgehead atoms. The Morgan fingerprint density at radius 3 is 3.00 bits per heavy atom. The van der Waals surface area contributed by atoms with Crippen LogP contribution >= 0.6 is 0 Å². The molecule has 0 fully saturated rings. The van der Waals surface area contributed by atoms with Gasteiger partial charge in [0.2, 0.25) is 0 Å². The van der Waals surface area contributed by atoms with Crippen molar-refractivity contribution in [1.82, 2.24) is 0 Å². The number of nitrogen functional groups attached to an aromatic ring is 1. The first-order valence-corrected chi connectivity index (χ1v) is 4.80. The van der Waals surface area contributed by atoms with Gasteiger partial charge in [-0.1, -0.05) is 0 Å². The summed E-state index contributed by atoms with van der Waals surface area (Å²) in [4.78, 5) is 0. The highest BCUT2D eigenvalue weighted by atomic mass is 16.5. The smallest absolute Gasteiger partial charge is 0.101 e. The molecular formula is C11H15N3O. The molecule has 0 aliphatic heterocycles. The molecule has 0 radical (unpaired) electrons. The lowest BCUT2D eigenvalue weighted by Gasteiger charge is -2.07. The standard InChI is InChI=1S/C11H15N3O/c1-15-6-2-5-14-10-3-4-11(13)9(7-10)8-12/h3-4,7,14H,2,5-6,13H2,1H3. The normalized spacial score (nSPS) is 9.60. The van der Waals surface area contributed by atoms with Crippen molar-refractivity contribution in [2.45, 2.75) is 6.42 Å². The summed E-state index contributed by atoms with van der Waals surface area (Å²) in [6.07, 6.45) is 0.933. The fourth-order valence-electron chi connectivity index (χ4n) is 1.21. The van der Waals surface area contributed by atoms with Gasteiger partial charge in [-0.3, -0.25) is 0 Å². The van der Waals surface area contributed by atoms with Gasteiger partial charge in [-0.05, 0) is 24.6 Å². The Hall–Kier alpha value is -1.73. The zero-order valence-corrected chi connectivity index (χ0v) is 8.79. The van der Waals surface area contributed by atoms with Gasteiger partial charge in [0.15, 0.2) is 0 Å². The van der Waals surface area contributed by atoms with Crippen LogP contribution in [0.1, 0.15) is 12.0 Å². The van der Waals surface area contributed by atoms with E-state index in [1.807, 2.05) is 12.1 Å². The van der Waals surface area contributed by atoms with Crippen LogP contribution in [-0.4, -0.2) is 20.3 Å². The molecule has 0 aliphatic rings. The van der Waals surface area contributed by atoms with Gasteiger partial charge in [-0.25, -0.2) is 0 Å². The zero-order chi connectivity index (χ0) is 11.1. The molecule has 0 aliphatic carbocycles. The molecule has 0 heterocycles. The van der Waals surface area contributed by atoms with Crippen LogP contribution in [-0.2, 0) is 4.74 Å². The molecule has 1 aromatic rings. The molecule has 0 atom stereocenters. The number of benzene rings is 1. The third-order valence-electron chi connectivity index (χ3n) is 2.03. The van der Waals surface area contributed by atoms with Crippen molar-refractivity contribution < 1.29 is 4.74 Å². The van der Waals surface area contributed by atoms with Crippen molar-refractivity contribution in [3.63, 3.8) is 0 Å². The van der Waals surface area contributed by atoms with Crippen LogP contribution in [0, 0.1) is 11.3 Å². The second kappa shape index (κ2) is 5.89. The Morgan fingerprint density at radius 1 is 1.53 bits per heavy atom. The largest absolute Gasteiger partial charge is 0.398 e. The quantitative estimate of drug-likeness (QED) is 0.565. The predicted octanol–water partition coefficient (Wildman–Crippen LogP) is 1.59. The average molecular weight is 205 g/mol. The minimum atomic E-state index is 0.506. The average Bonchev–Trinajstić information content (AvgIpc) is 2.26. The molecule has 15 heavy (non-hydrogen) atoms. The zero-order valence-electron chi connectivity index (χ0n) is 8.79. The fourth-order valence-corrected chi connectivity index (χ4v) is 1.21. The minimum Gasteiger partial charge on any atom is -0.398 e. The third-order valence-corrected chi connectivity index (χ3v) is 2.03. The van der Waals surface area contributed by atoms with E-state index in [0.29, 0.717) is 11.3 Å². The summed E-state index contributed by atoms with van der Waals surface area (Å²) in [5.41, 5.74) is 7.54. The first-order chi connectivity index (χ1) is 7.27. The van der Waals surface area contributed by atoms with Crippen molar-refractivity contribution in [3.05, 3.63) is 23.8 Å². The number of hydrogen-bond acceptors (Lipinski definition) is 4. The van der Waals surface area contributed by atoms with Crippen LogP contribution < -0.4 is 11.1 Å². The van der Waals surface area contributed by atoms with Crippen molar-refractivity contribution in [2.24, 2.45) is 0 Å². The summed E-state index contributed by atoms with van der Waals surface area (Å²) in [6, 6.07) is 7.40. The van der Waals surface area contributed by atoms with Crippen LogP contribution in [0.2, 0.25) is 0 Å². The molecule has 80 valence electrons. The minimum absolute atomic E-state index is 0.506. The van der Waals surface area contributed by atoms with Crippen LogP contribution in [0.25, 0.3) is 0 Å². The second-order valence-corrected chi connectivity index (χ2v) is 3.19. The SMILES string of the molecule is COCCCNc1ccc(N)c(C#N)c1. The molecule has 0 aromatic heterocycles. The lowest BCUT2D eigenvalue weighted by atomic mass is 10.2. The van der Waals surface area contributed by atoms with Crippen molar-refractivity contribution >= 4 is 11.4 Å². The number of methoxy groups -OCH3 is 1. The Kier molecular flexibility index (Phi) is 4.45. The van der Waals surface area contributed by atoms with Gasteiger partial charge in [-0.2, -0.15) is 5.26 Å². The van der Waals surface area contributed by atoms with E-state index in [0.717, 1.165) is 25.3 Å². The molecule has 0 spiro atoms. The number of nitrogens with two attached hydrogens (primary N) is 1. The number of hydrogen-bond donors (Lipinski definition) is 2. The first kappa shape index (κ1) is 11.3. The van der Waals surface area contributed by atoms with Crippen molar-refractivity contribution in [3.8, 4) is 6.07 Å². The Morgan fingerprint density at radius 2 is 2.33 bits per heavy atom. The topological polar surface area (TPSA) is 71.1 Å². The predicted molar refractivity (Wildman–Crippen MR) is 60.6 cm³/mol. The van der Waals surface area contributed by atoms with Gasteiger partial charge in [-0.15, -0.1) is 0 Å². The lowest BCUT2D eigenvalue weighted by Crippen LogP contribution is -2.05. The summed E-state index contributed by atoms with van der Waals surface area (Å²) in [6.45, 7) is 1.55. The maximum Gasteiger partial charge on any atom is 0.101 e. The summed E-state index contributed by atoms with van der Waals surface area (Å²) in [5, 5.41) is 12.0. The molecular weight excluding hydrogens is 190 g/mol. The highest BCUT2D eigenvalue weighted by Crippen LogP contribution is 2.16. The van der Waals surface area contributed by atoms with E-state index in [4.69, 9.17) is 15.7 Å². The molecule has 0 saturated heterocycles. The van der Waals surface area contributed by atoms with E-state index >= 15 is 0 Å². The third kappa shape index (κ3) is 3.49. The summed E-state index contributed by atoms with van der Waals surface area (Å²) < 4.78 is 4.93. The Labute approximate surface area is 89.7 Å². The molecule has 4 heteroatoms. The number of anilines is 2.